The van der Waals surface area contributed by atoms with E-state index in [0.29, 0.717) is 18.0 Å². The van der Waals surface area contributed by atoms with Gasteiger partial charge in [-0.25, -0.2) is 9.18 Å². The van der Waals surface area contributed by atoms with Gasteiger partial charge in [-0.3, -0.25) is 4.90 Å². The number of halogens is 1. The van der Waals surface area contributed by atoms with Crippen LogP contribution in [0, 0.1) is 18.2 Å². The average Bonchev–Trinajstić information content (AvgIpc) is 2.86. The number of nitrogens with zero attached hydrogens (tertiary/aromatic N) is 2. The second-order valence-electron chi connectivity index (χ2n) is 7.50. The summed E-state index contributed by atoms with van der Waals surface area (Å²) < 4.78 is 13.9. The van der Waals surface area contributed by atoms with Crippen LogP contribution in [0.5, 0.6) is 0 Å². The highest BCUT2D eigenvalue weighted by Gasteiger charge is 2.48. The zero-order valence-electron chi connectivity index (χ0n) is 14.2. The molecule has 4 nitrogen and oxygen atoms in total. The number of hydrogen-bond acceptors (Lipinski definition) is 2. The second-order valence-corrected chi connectivity index (χ2v) is 7.50. The molecule has 5 heteroatoms. The number of hydrogen-bond donors (Lipinski definition) is 1. The summed E-state index contributed by atoms with van der Waals surface area (Å²) in [7, 11) is 3.52. The predicted octanol–water partition coefficient (Wildman–Crippen LogP) is 2.76. The average molecular weight is 319 g/mol. The van der Waals surface area contributed by atoms with Gasteiger partial charge in [0.2, 0.25) is 0 Å². The van der Waals surface area contributed by atoms with E-state index in [0.717, 1.165) is 43.5 Å². The number of urea groups is 1. The third-order valence-corrected chi connectivity index (χ3v) is 5.21. The van der Waals surface area contributed by atoms with E-state index in [1.165, 1.54) is 0 Å². The van der Waals surface area contributed by atoms with Gasteiger partial charge in [0.05, 0.1) is 0 Å². The van der Waals surface area contributed by atoms with Crippen molar-refractivity contribution < 1.29 is 9.18 Å². The van der Waals surface area contributed by atoms with Crippen molar-refractivity contribution in [2.75, 3.05) is 27.2 Å². The Morgan fingerprint density at radius 3 is 2.87 bits per heavy atom. The van der Waals surface area contributed by atoms with Crippen molar-refractivity contribution in [2.45, 2.75) is 38.8 Å². The fraction of sp³-hybridized carbons (Fsp3) is 0.611. The molecule has 0 aromatic heterocycles. The monoisotopic (exact) mass is 319 g/mol. The first kappa shape index (κ1) is 16.2. The molecule has 1 aromatic rings. The fourth-order valence-corrected chi connectivity index (χ4v) is 3.95. The molecule has 0 bridgehead atoms. The van der Waals surface area contributed by atoms with E-state index in [1.807, 2.05) is 19.1 Å². The standard InChI is InChI=1S/C18H26FN3O/c1-13-4-5-16(19)14(8-13)11-22-7-6-18(12-22)9-15(10-18)20-17(23)21(2)3/h4-5,8,15H,6-7,9-12H2,1-3H3,(H,20,23). The summed E-state index contributed by atoms with van der Waals surface area (Å²) in [6, 6.07) is 5.60. The van der Waals surface area contributed by atoms with Crippen molar-refractivity contribution in [3.05, 3.63) is 35.1 Å². The SMILES string of the molecule is Cc1ccc(F)c(CN2CCC3(CC(NC(=O)N(C)C)C3)C2)c1. The molecule has 1 N–H and O–H groups in total. The van der Waals surface area contributed by atoms with Crippen LogP contribution < -0.4 is 5.32 Å². The second kappa shape index (κ2) is 6.11. The van der Waals surface area contributed by atoms with Crippen molar-refractivity contribution >= 4 is 6.03 Å². The Labute approximate surface area is 137 Å². The van der Waals surface area contributed by atoms with Crippen LogP contribution in [0.4, 0.5) is 9.18 Å². The van der Waals surface area contributed by atoms with Crippen LogP contribution in [0.1, 0.15) is 30.4 Å². The predicted molar refractivity (Wildman–Crippen MR) is 88.7 cm³/mol. The van der Waals surface area contributed by atoms with E-state index in [2.05, 4.69) is 10.2 Å². The van der Waals surface area contributed by atoms with Gasteiger partial charge < -0.3 is 10.2 Å². The summed E-state index contributed by atoms with van der Waals surface area (Å²) in [4.78, 5) is 15.6. The van der Waals surface area contributed by atoms with Crippen molar-refractivity contribution in [3.63, 3.8) is 0 Å². The number of rotatable bonds is 3. The van der Waals surface area contributed by atoms with Crippen LogP contribution >= 0.6 is 0 Å². The Morgan fingerprint density at radius 1 is 1.43 bits per heavy atom. The highest BCUT2D eigenvalue weighted by Crippen LogP contribution is 2.48. The van der Waals surface area contributed by atoms with Gasteiger partial charge >= 0.3 is 6.03 Å². The summed E-state index contributed by atoms with van der Waals surface area (Å²) in [5.41, 5.74) is 2.22. The molecule has 1 aliphatic heterocycles. The van der Waals surface area contributed by atoms with Crippen LogP contribution in [0.15, 0.2) is 18.2 Å². The van der Waals surface area contributed by atoms with Gasteiger partial charge in [0.25, 0.3) is 0 Å². The van der Waals surface area contributed by atoms with Crippen LogP contribution in [-0.4, -0.2) is 49.1 Å². The maximum atomic E-state index is 13.9. The summed E-state index contributed by atoms with van der Waals surface area (Å²) in [5, 5.41) is 3.06. The summed E-state index contributed by atoms with van der Waals surface area (Å²) in [6.45, 7) is 4.71. The molecule has 126 valence electrons. The number of carbonyl (C=O) groups excluding carboxylic acids is 1. The minimum Gasteiger partial charge on any atom is -0.335 e. The molecular formula is C18H26FN3O. The van der Waals surface area contributed by atoms with Crippen molar-refractivity contribution in [1.82, 2.24) is 15.1 Å². The zero-order chi connectivity index (χ0) is 16.6. The van der Waals surface area contributed by atoms with E-state index in [-0.39, 0.29) is 11.8 Å². The van der Waals surface area contributed by atoms with Crippen molar-refractivity contribution in [2.24, 2.45) is 5.41 Å². The molecule has 1 heterocycles. The third kappa shape index (κ3) is 3.50. The highest BCUT2D eigenvalue weighted by molar-refractivity contribution is 5.74. The maximum Gasteiger partial charge on any atom is 0.317 e. The van der Waals surface area contributed by atoms with Gasteiger partial charge in [0, 0.05) is 38.8 Å². The van der Waals surface area contributed by atoms with Gasteiger partial charge in [0.1, 0.15) is 5.82 Å². The zero-order valence-corrected chi connectivity index (χ0v) is 14.2. The molecule has 23 heavy (non-hydrogen) atoms. The Morgan fingerprint density at radius 2 is 2.17 bits per heavy atom. The van der Waals surface area contributed by atoms with Crippen LogP contribution in [0.25, 0.3) is 0 Å². The molecule has 2 fully saturated rings. The normalized spacial score (nSPS) is 27.0. The molecular weight excluding hydrogens is 293 g/mol. The molecule has 0 radical (unpaired) electrons. The largest absolute Gasteiger partial charge is 0.335 e. The number of aryl methyl sites for hydroxylation is 1. The summed E-state index contributed by atoms with van der Waals surface area (Å²) in [6.07, 6.45) is 3.23. The lowest BCUT2D eigenvalue weighted by molar-refractivity contribution is 0.0897. The fourth-order valence-electron chi connectivity index (χ4n) is 3.95. The van der Waals surface area contributed by atoms with Gasteiger partial charge in [-0.2, -0.15) is 0 Å². The third-order valence-electron chi connectivity index (χ3n) is 5.21. The first-order valence-electron chi connectivity index (χ1n) is 8.32. The molecule has 3 rings (SSSR count). The molecule has 2 aliphatic rings. The van der Waals surface area contributed by atoms with E-state index >= 15 is 0 Å². The van der Waals surface area contributed by atoms with Crippen molar-refractivity contribution in [1.29, 1.82) is 0 Å². The van der Waals surface area contributed by atoms with E-state index < -0.39 is 0 Å². The Balaban J connectivity index is 1.52. The van der Waals surface area contributed by atoms with E-state index in [9.17, 15) is 9.18 Å². The molecule has 0 unspecified atom stereocenters. The molecule has 1 spiro atoms. The number of amides is 2. The van der Waals surface area contributed by atoms with Crippen LogP contribution in [-0.2, 0) is 6.54 Å². The number of carbonyl (C=O) groups is 1. The van der Waals surface area contributed by atoms with Gasteiger partial charge in [-0.1, -0.05) is 17.7 Å². The molecule has 1 aromatic carbocycles. The molecule has 1 saturated heterocycles. The lowest BCUT2D eigenvalue weighted by atomic mass is 9.65. The van der Waals surface area contributed by atoms with Gasteiger partial charge in [0.15, 0.2) is 0 Å². The summed E-state index contributed by atoms with van der Waals surface area (Å²) in [5.74, 6) is -0.110. The quantitative estimate of drug-likeness (QED) is 0.930. The van der Waals surface area contributed by atoms with Gasteiger partial charge in [-0.15, -0.1) is 0 Å². The lowest BCUT2D eigenvalue weighted by Gasteiger charge is -2.45. The van der Waals surface area contributed by atoms with Crippen molar-refractivity contribution in [3.8, 4) is 0 Å². The Kier molecular flexibility index (Phi) is 4.32. The number of likely N-dealkylation sites (tertiary alicyclic amines) is 1. The topological polar surface area (TPSA) is 35.6 Å². The molecule has 1 saturated carbocycles. The van der Waals surface area contributed by atoms with Crippen LogP contribution in [0.3, 0.4) is 0 Å². The molecule has 0 atom stereocenters. The lowest BCUT2D eigenvalue weighted by Crippen LogP contribution is -2.53. The minimum atomic E-state index is -0.110. The maximum absolute atomic E-state index is 13.9. The minimum absolute atomic E-state index is 0.0125. The molecule has 1 aliphatic carbocycles. The van der Waals surface area contributed by atoms with Crippen LogP contribution in [0.2, 0.25) is 0 Å². The first-order valence-corrected chi connectivity index (χ1v) is 8.32. The van der Waals surface area contributed by atoms with E-state index in [1.54, 1.807) is 25.1 Å². The highest BCUT2D eigenvalue weighted by atomic mass is 19.1. The van der Waals surface area contributed by atoms with E-state index in [4.69, 9.17) is 0 Å². The Hall–Kier alpha value is -1.62. The number of nitrogens with one attached hydrogen (secondary N) is 1. The smallest absolute Gasteiger partial charge is 0.317 e. The Bertz CT molecular complexity index is 596. The van der Waals surface area contributed by atoms with Gasteiger partial charge in [-0.05, 0) is 44.2 Å². The number of benzene rings is 1. The summed E-state index contributed by atoms with van der Waals surface area (Å²) >= 11 is 0. The first-order chi connectivity index (χ1) is 10.9. The molecule has 2 amide bonds.